The zero-order valence-corrected chi connectivity index (χ0v) is 17.0. The summed E-state index contributed by atoms with van der Waals surface area (Å²) in [7, 11) is 0. The maximum absolute atomic E-state index is 6.44. The van der Waals surface area contributed by atoms with Crippen LogP contribution < -0.4 is 0 Å². The third kappa shape index (κ3) is 3.40. The Balaban J connectivity index is 1.74. The lowest BCUT2D eigenvalue weighted by molar-refractivity contribution is 0.781. The van der Waals surface area contributed by atoms with Crippen molar-refractivity contribution >= 4 is 35.0 Å². The van der Waals surface area contributed by atoms with Gasteiger partial charge in [-0.05, 0) is 38.0 Å². The molecule has 0 N–H and O–H groups in total. The quantitative estimate of drug-likeness (QED) is 0.357. The van der Waals surface area contributed by atoms with Crippen LogP contribution in [0, 0.1) is 19.8 Å². The number of para-hydroxylation sites is 1. The predicted octanol–water partition coefficient (Wildman–Crippen LogP) is 6.52. The lowest BCUT2D eigenvalue weighted by atomic mass is 10.1. The van der Waals surface area contributed by atoms with Crippen molar-refractivity contribution in [3.05, 3.63) is 77.6 Å². The highest BCUT2D eigenvalue weighted by atomic mass is 35.5. The fourth-order valence-corrected chi connectivity index (χ4v) is 5.53. The van der Waals surface area contributed by atoms with Gasteiger partial charge in [0.25, 0.3) is 0 Å². The molecule has 2 nitrogen and oxygen atoms in total. The van der Waals surface area contributed by atoms with Gasteiger partial charge in [-0.2, -0.15) is 0 Å². The van der Waals surface area contributed by atoms with Gasteiger partial charge in [-0.1, -0.05) is 60.3 Å². The molecular weight excluding hydrogens is 383 g/mol. The van der Waals surface area contributed by atoms with Crippen LogP contribution in [0.2, 0.25) is 0 Å². The van der Waals surface area contributed by atoms with Gasteiger partial charge in [-0.3, -0.25) is 4.57 Å². The number of hydrogen-bond acceptors (Lipinski definition) is 2. The third-order valence-electron chi connectivity index (χ3n) is 4.93. The molecule has 1 fully saturated rings. The molecule has 0 bridgehead atoms. The van der Waals surface area contributed by atoms with Crippen LogP contribution in [0.15, 0.2) is 65.8 Å². The van der Waals surface area contributed by atoms with Gasteiger partial charge >= 0.3 is 0 Å². The van der Waals surface area contributed by atoms with Crippen molar-refractivity contribution < 1.29 is 0 Å². The minimum Gasteiger partial charge on any atom is -0.292 e. The van der Waals surface area contributed by atoms with E-state index in [2.05, 4.69) is 66.9 Å². The number of rotatable bonds is 5. The highest BCUT2D eigenvalue weighted by molar-refractivity contribution is 7.99. The molecule has 1 aliphatic rings. The fourth-order valence-electron chi connectivity index (χ4n) is 3.24. The molecule has 0 saturated heterocycles. The van der Waals surface area contributed by atoms with E-state index in [1.165, 1.54) is 5.56 Å². The van der Waals surface area contributed by atoms with Crippen LogP contribution in [-0.4, -0.2) is 13.9 Å². The summed E-state index contributed by atoms with van der Waals surface area (Å²) >= 11 is 14.6. The van der Waals surface area contributed by atoms with E-state index in [-0.39, 0.29) is 11.2 Å². The molecule has 4 rings (SSSR count). The minimum absolute atomic E-state index is 0.176. The Bertz CT molecular complexity index is 907. The summed E-state index contributed by atoms with van der Waals surface area (Å²) in [5.74, 6) is 0.222. The van der Waals surface area contributed by atoms with Crippen molar-refractivity contribution in [1.82, 2.24) is 9.55 Å². The summed E-state index contributed by atoms with van der Waals surface area (Å²) in [4.78, 5) is 4.85. The first-order chi connectivity index (χ1) is 12.5. The molecule has 1 aliphatic carbocycles. The number of hydrogen-bond donors (Lipinski definition) is 0. The minimum atomic E-state index is -0.637. The van der Waals surface area contributed by atoms with Crippen LogP contribution in [0.1, 0.15) is 28.6 Å². The maximum atomic E-state index is 6.44. The highest BCUT2D eigenvalue weighted by Crippen LogP contribution is 2.63. The van der Waals surface area contributed by atoms with E-state index in [0.29, 0.717) is 0 Å². The van der Waals surface area contributed by atoms with Gasteiger partial charge in [0.05, 0.1) is 5.69 Å². The number of aromatic nitrogens is 2. The topological polar surface area (TPSA) is 17.8 Å². The van der Waals surface area contributed by atoms with E-state index >= 15 is 0 Å². The van der Waals surface area contributed by atoms with Crippen molar-refractivity contribution in [1.29, 1.82) is 0 Å². The summed E-state index contributed by atoms with van der Waals surface area (Å²) in [5, 5.41) is 1.16. The second-order valence-electron chi connectivity index (χ2n) is 6.76. The SMILES string of the molecule is Cc1nc(SC(c2ccccc2)C2CC2(Cl)Cl)n(-c2ccccc2)c1C. The average molecular weight is 403 g/mol. The predicted molar refractivity (Wildman–Crippen MR) is 111 cm³/mol. The van der Waals surface area contributed by atoms with Crippen molar-refractivity contribution in [3.8, 4) is 5.69 Å². The Kier molecular flexibility index (Phi) is 4.81. The monoisotopic (exact) mass is 402 g/mol. The zero-order valence-electron chi connectivity index (χ0n) is 14.7. The zero-order chi connectivity index (χ0) is 18.3. The maximum Gasteiger partial charge on any atom is 0.173 e. The first kappa shape index (κ1) is 18.0. The largest absolute Gasteiger partial charge is 0.292 e. The molecule has 2 aromatic carbocycles. The van der Waals surface area contributed by atoms with Gasteiger partial charge in [0, 0.05) is 22.5 Å². The Hall–Kier alpha value is -1.42. The summed E-state index contributed by atoms with van der Waals surface area (Å²) in [6.07, 6.45) is 0.812. The van der Waals surface area contributed by atoms with E-state index < -0.39 is 4.33 Å². The molecule has 1 aromatic heterocycles. The molecule has 0 radical (unpaired) electrons. The normalized spacial score (nSPS) is 19.3. The fraction of sp³-hybridized carbons (Fsp3) is 0.286. The first-order valence-corrected chi connectivity index (χ1v) is 10.3. The molecule has 3 aromatic rings. The number of alkyl halides is 2. The second kappa shape index (κ2) is 6.95. The van der Waals surface area contributed by atoms with Crippen molar-refractivity contribution in [2.24, 2.45) is 5.92 Å². The van der Waals surface area contributed by atoms with E-state index in [4.69, 9.17) is 28.2 Å². The van der Waals surface area contributed by atoms with Crippen LogP contribution in [-0.2, 0) is 0 Å². The Morgan fingerprint density at radius 1 is 1.04 bits per heavy atom. The molecule has 2 atom stereocenters. The molecule has 2 unspecified atom stereocenters. The van der Waals surface area contributed by atoms with E-state index in [9.17, 15) is 0 Å². The summed E-state index contributed by atoms with van der Waals surface area (Å²) in [6.45, 7) is 4.17. The molecule has 0 spiro atoms. The van der Waals surface area contributed by atoms with Crippen LogP contribution in [0.5, 0.6) is 0 Å². The van der Waals surface area contributed by atoms with Gasteiger partial charge in [0.2, 0.25) is 0 Å². The summed E-state index contributed by atoms with van der Waals surface area (Å²) in [5.41, 5.74) is 4.56. The number of aryl methyl sites for hydroxylation is 1. The van der Waals surface area contributed by atoms with Crippen LogP contribution in [0.3, 0.4) is 0 Å². The number of thioether (sulfide) groups is 1. The van der Waals surface area contributed by atoms with Gasteiger partial charge in [-0.15, -0.1) is 23.2 Å². The van der Waals surface area contributed by atoms with Crippen LogP contribution >= 0.6 is 35.0 Å². The van der Waals surface area contributed by atoms with E-state index in [1.54, 1.807) is 11.8 Å². The Labute approximate surface area is 168 Å². The molecule has 0 aliphatic heterocycles. The smallest absolute Gasteiger partial charge is 0.173 e. The molecule has 134 valence electrons. The lowest BCUT2D eigenvalue weighted by Gasteiger charge is -2.18. The summed E-state index contributed by atoms with van der Waals surface area (Å²) in [6, 6.07) is 20.8. The lowest BCUT2D eigenvalue weighted by Crippen LogP contribution is -2.05. The molecule has 0 amide bonds. The first-order valence-electron chi connectivity index (χ1n) is 8.68. The average Bonchev–Trinajstić information content (AvgIpc) is 3.18. The molecule has 5 heteroatoms. The highest BCUT2D eigenvalue weighted by Gasteiger charge is 2.56. The number of nitrogens with zero attached hydrogens (tertiary/aromatic N) is 2. The standard InChI is InChI=1S/C21H20Cl2N2S/c1-14-15(2)25(17-11-7-4-8-12-17)20(24-14)26-19(18-13-21(18,22)23)16-9-5-3-6-10-16/h3-12,18-19H,13H2,1-2H3. The van der Waals surface area contributed by atoms with Crippen LogP contribution in [0.25, 0.3) is 5.69 Å². The molecular formula is C21H20Cl2N2S. The van der Waals surface area contributed by atoms with Crippen molar-refractivity contribution in [2.75, 3.05) is 0 Å². The van der Waals surface area contributed by atoms with Crippen molar-refractivity contribution in [3.63, 3.8) is 0 Å². The Morgan fingerprint density at radius 2 is 1.62 bits per heavy atom. The Morgan fingerprint density at radius 3 is 2.19 bits per heavy atom. The number of imidazole rings is 1. The second-order valence-corrected chi connectivity index (χ2v) is 9.41. The van der Waals surface area contributed by atoms with Crippen molar-refractivity contribution in [2.45, 2.75) is 35.0 Å². The summed E-state index contributed by atoms with van der Waals surface area (Å²) < 4.78 is 1.59. The molecule has 26 heavy (non-hydrogen) atoms. The van der Waals surface area contributed by atoms with E-state index in [1.807, 2.05) is 12.1 Å². The van der Waals surface area contributed by atoms with Gasteiger partial charge in [-0.25, -0.2) is 4.98 Å². The number of halogens is 2. The molecule has 1 heterocycles. The van der Waals surface area contributed by atoms with Gasteiger partial charge in [0.15, 0.2) is 5.16 Å². The van der Waals surface area contributed by atoms with Gasteiger partial charge in [0.1, 0.15) is 4.33 Å². The van der Waals surface area contributed by atoms with Crippen LogP contribution in [0.4, 0.5) is 0 Å². The third-order valence-corrected chi connectivity index (χ3v) is 7.14. The van der Waals surface area contributed by atoms with E-state index in [0.717, 1.165) is 28.7 Å². The number of benzene rings is 2. The van der Waals surface area contributed by atoms with Gasteiger partial charge < -0.3 is 0 Å². The molecule has 1 saturated carbocycles.